The normalized spacial score (nSPS) is 26.1. The highest BCUT2D eigenvalue weighted by Gasteiger charge is 2.56. The van der Waals surface area contributed by atoms with Crippen LogP contribution in [0.3, 0.4) is 0 Å². The molecule has 2 aromatic rings. The SMILES string of the molecule is C=CC(=O)NC1[C@H]2CN(Cc3ccc(C(C)(C)C)cc3)C[C@@H]12.C=CC(=O)NC1[C@H]2CNC[C@@H]12.CC(C)(C)c1ccc(CBr)cc1. The molecule has 6 nitrogen and oxygen atoms in total. The first-order chi connectivity index (χ1) is 21.2. The van der Waals surface area contributed by atoms with Crippen molar-refractivity contribution in [2.75, 3.05) is 26.2 Å². The molecular weight excluding hydrogens is 624 g/mol. The number of halogens is 1. The van der Waals surface area contributed by atoms with Gasteiger partial charge in [-0.3, -0.25) is 14.5 Å². The fourth-order valence-electron chi connectivity index (χ4n) is 6.50. The van der Waals surface area contributed by atoms with Crippen molar-refractivity contribution in [1.29, 1.82) is 0 Å². The fourth-order valence-corrected chi connectivity index (χ4v) is 6.87. The van der Waals surface area contributed by atoms with E-state index in [1.807, 2.05) is 0 Å². The van der Waals surface area contributed by atoms with Crippen LogP contribution in [0.15, 0.2) is 73.8 Å². The maximum atomic E-state index is 11.3. The van der Waals surface area contributed by atoms with Crippen LogP contribution in [-0.2, 0) is 32.3 Å². The van der Waals surface area contributed by atoms with E-state index in [4.69, 9.17) is 0 Å². The Morgan fingerprint density at radius 3 is 1.53 bits per heavy atom. The lowest BCUT2D eigenvalue weighted by Gasteiger charge is -2.22. The Morgan fingerprint density at radius 1 is 0.756 bits per heavy atom. The van der Waals surface area contributed by atoms with E-state index in [-0.39, 0.29) is 22.6 Å². The molecule has 0 aromatic heterocycles. The van der Waals surface area contributed by atoms with Crippen molar-refractivity contribution in [2.24, 2.45) is 23.7 Å². The molecular formula is C38H53BrN4O2. The Bertz CT molecular complexity index is 1300. The maximum absolute atomic E-state index is 11.3. The minimum atomic E-state index is -0.0382. The minimum Gasteiger partial charge on any atom is -0.349 e. The second-order valence-corrected chi connectivity index (χ2v) is 15.6. The molecule has 7 heteroatoms. The second kappa shape index (κ2) is 14.8. The average Bonchev–Trinajstić information content (AvgIpc) is 3.61. The summed E-state index contributed by atoms with van der Waals surface area (Å²) >= 11 is 3.43. The largest absolute Gasteiger partial charge is 0.349 e. The number of fused-ring (bicyclic) bond motifs is 2. The first kappa shape index (κ1) is 35.1. The van der Waals surface area contributed by atoms with Gasteiger partial charge in [-0.05, 0) is 68.9 Å². The highest BCUT2D eigenvalue weighted by atomic mass is 79.9. The van der Waals surface area contributed by atoms with Crippen LogP contribution in [0, 0.1) is 23.7 Å². The van der Waals surface area contributed by atoms with Crippen molar-refractivity contribution in [1.82, 2.24) is 20.9 Å². The summed E-state index contributed by atoms with van der Waals surface area (Å²) in [5.41, 5.74) is 5.97. The zero-order valence-electron chi connectivity index (χ0n) is 28.0. The van der Waals surface area contributed by atoms with E-state index < -0.39 is 0 Å². The van der Waals surface area contributed by atoms with Gasteiger partial charge in [0.05, 0.1) is 0 Å². The summed E-state index contributed by atoms with van der Waals surface area (Å²) in [5, 5.41) is 10.1. The van der Waals surface area contributed by atoms with E-state index in [1.165, 1.54) is 34.4 Å². The van der Waals surface area contributed by atoms with Gasteiger partial charge in [0.15, 0.2) is 0 Å². The molecule has 3 N–H and O–H groups in total. The van der Waals surface area contributed by atoms with E-state index in [0.29, 0.717) is 35.8 Å². The molecule has 2 aliphatic carbocycles. The van der Waals surface area contributed by atoms with Crippen LogP contribution in [-0.4, -0.2) is 55.0 Å². The first-order valence-electron chi connectivity index (χ1n) is 16.3. The van der Waals surface area contributed by atoms with Crippen molar-refractivity contribution >= 4 is 27.7 Å². The molecule has 6 rings (SSSR count). The molecule has 6 atom stereocenters. The Balaban J connectivity index is 0.000000169. The van der Waals surface area contributed by atoms with Gasteiger partial charge in [0.2, 0.25) is 11.8 Å². The number of carbonyl (C=O) groups excluding carboxylic acids is 2. The minimum absolute atomic E-state index is 0.0376. The third kappa shape index (κ3) is 9.63. The van der Waals surface area contributed by atoms with E-state index in [9.17, 15) is 9.59 Å². The number of carbonyl (C=O) groups is 2. The number of nitrogens with one attached hydrogen (secondary N) is 3. The molecule has 2 saturated carbocycles. The highest BCUT2D eigenvalue weighted by Crippen LogP contribution is 2.46. The van der Waals surface area contributed by atoms with Crippen molar-refractivity contribution in [3.05, 3.63) is 96.1 Å². The molecule has 45 heavy (non-hydrogen) atoms. The lowest BCUT2D eigenvalue weighted by Crippen LogP contribution is -2.33. The molecule has 2 saturated heterocycles. The monoisotopic (exact) mass is 676 g/mol. The third-order valence-electron chi connectivity index (χ3n) is 9.55. The van der Waals surface area contributed by atoms with Crippen LogP contribution in [0.2, 0.25) is 0 Å². The summed E-state index contributed by atoms with van der Waals surface area (Å²) in [7, 11) is 0. The van der Waals surface area contributed by atoms with Gasteiger partial charge in [0.25, 0.3) is 0 Å². The van der Waals surface area contributed by atoms with Gasteiger partial charge in [-0.15, -0.1) is 0 Å². The van der Waals surface area contributed by atoms with Gasteiger partial charge >= 0.3 is 0 Å². The van der Waals surface area contributed by atoms with Gasteiger partial charge in [-0.2, -0.15) is 0 Å². The summed E-state index contributed by atoms with van der Waals surface area (Å²) in [5.74, 6) is 2.58. The van der Waals surface area contributed by atoms with Crippen LogP contribution >= 0.6 is 15.9 Å². The number of alkyl halides is 1. The number of nitrogens with zero attached hydrogens (tertiary/aromatic N) is 1. The molecule has 244 valence electrons. The van der Waals surface area contributed by atoms with Gasteiger partial charge in [-0.25, -0.2) is 0 Å². The number of piperidine rings is 2. The molecule has 2 aliphatic heterocycles. The zero-order chi connectivity index (χ0) is 32.9. The van der Waals surface area contributed by atoms with Gasteiger partial charge in [-0.1, -0.05) is 119 Å². The van der Waals surface area contributed by atoms with Crippen molar-refractivity contribution in [3.63, 3.8) is 0 Å². The van der Waals surface area contributed by atoms with E-state index in [2.05, 4.69) is 140 Å². The Kier molecular flexibility index (Phi) is 11.5. The number of benzene rings is 2. The maximum Gasteiger partial charge on any atom is 0.243 e. The number of amides is 2. The lowest BCUT2D eigenvalue weighted by molar-refractivity contribution is -0.117. The number of likely N-dealkylation sites (tertiary alicyclic amines) is 1. The third-order valence-corrected chi connectivity index (χ3v) is 10.2. The molecule has 2 amide bonds. The summed E-state index contributed by atoms with van der Waals surface area (Å²) in [4.78, 5) is 24.7. The number of hydrogen-bond donors (Lipinski definition) is 3. The van der Waals surface area contributed by atoms with Crippen molar-refractivity contribution in [2.45, 2.75) is 76.3 Å². The summed E-state index contributed by atoms with van der Waals surface area (Å²) < 4.78 is 0. The fraction of sp³-hybridized carbons (Fsp3) is 0.526. The molecule has 4 aliphatic rings. The molecule has 2 aromatic carbocycles. The van der Waals surface area contributed by atoms with Crippen LogP contribution < -0.4 is 16.0 Å². The van der Waals surface area contributed by atoms with E-state index in [0.717, 1.165) is 38.1 Å². The smallest absolute Gasteiger partial charge is 0.243 e. The Morgan fingerprint density at radius 2 is 1.16 bits per heavy atom. The van der Waals surface area contributed by atoms with Gasteiger partial charge < -0.3 is 16.0 Å². The van der Waals surface area contributed by atoms with Gasteiger partial charge in [0, 0.05) is 50.1 Å². The zero-order valence-corrected chi connectivity index (χ0v) is 29.6. The van der Waals surface area contributed by atoms with Crippen LogP contribution in [0.4, 0.5) is 0 Å². The molecule has 0 bridgehead atoms. The Labute approximate surface area is 279 Å². The number of rotatable bonds is 7. The predicted octanol–water partition coefficient (Wildman–Crippen LogP) is 6.10. The molecule has 2 heterocycles. The van der Waals surface area contributed by atoms with Crippen LogP contribution in [0.1, 0.15) is 63.8 Å². The van der Waals surface area contributed by atoms with Crippen molar-refractivity contribution < 1.29 is 9.59 Å². The molecule has 0 radical (unpaired) electrons. The standard InChI is InChI=1S/C19H26N2O.C11H15Br.C8H12N2O/c1-5-17(22)20-18-15-11-21(12-16(15)18)10-13-6-8-14(9-7-13)19(2,3)4;1-11(2,3)10-6-4-9(8-12)5-7-10;1-2-7(11)10-8-5-3-9-4-6(5)8/h5-9,15-16,18H,1,10-12H2,2-4H3,(H,20,22);4-7H,8H2,1-3H3;2,5-6,8-9H,1,3-4H2,(H,10,11)/t15-,16+,18?;;5-,6+,8?. The molecule has 4 fully saturated rings. The highest BCUT2D eigenvalue weighted by molar-refractivity contribution is 9.08. The average molecular weight is 678 g/mol. The molecule has 2 unspecified atom stereocenters. The van der Waals surface area contributed by atoms with E-state index >= 15 is 0 Å². The van der Waals surface area contributed by atoms with Gasteiger partial charge in [0.1, 0.15) is 0 Å². The lowest BCUT2D eigenvalue weighted by atomic mass is 9.87. The Hall–Kier alpha value is -2.74. The topological polar surface area (TPSA) is 73.5 Å². The van der Waals surface area contributed by atoms with Crippen molar-refractivity contribution in [3.8, 4) is 0 Å². The predicted molar refractivity (Wildman–Crippen MR) is 189 cm³/mol. The number of hydrogen-bond acceptors (Lipinski definition) is 4. The summed E-state index contributed by atoms with van der Waals surface area (Å²) in [6, 6.07) is 18.6. The first-order valence-corrected chi connectivity index (χ1v) is 17.4. The molecule has 0 spiro atoms. The second-order valence-electron chi connectivity index (χ2n) is 15.0. The van der Waals surface area contributed by atoms with Crippen LogP contribution in [0.5, 0.6) is 0 Å². The van der Waals surface area contributed by atoms with E-state index in [1.54, 1.807) is 0 Å². The summed E-state index contributed by atoms with van der Waals surface area (Å²) in [6.07, 6.45) is 2.70. The summed E-state index contributed by atoms with van der Waals surface area (Å²) in [6.45, 7) is 25.7. The van der Waals surface area contributed by atoms with Crippen LogP contribution in [0.25, 0.3) is 0 Å². The quantitative estimate of drug-likeness (QED) is 0.245.